The minimum Gasteiger partial charge on any atom is -0.491 e. The summed E-state index contributed by atoms with van der Waals surface area (Å²) >= 11 is 0. The van der Waals surface area contributed by atoms with E-state index in [4.69, 9.17) is 14.6 Å². The van der Waals surface area contributed by atoms with Gasteiger partial charge in [0.1, 0.15) is 12.4 Å². The number of ether oxygens (including phenoxy) is 2. The van der Waals surface area contributed by atoms with E-state index in [9.17, 15) is 9.59 Å². The second-order valence-corrected chi connectivity index (χ2v) is 5.28. The van der Waals surface area contributed by atoms with Crippen LogP contribution in [0.4, 0.5) is 5.69 Å². The van der Waals surface area contributed by atoms with Crippen LogP contribution >= 0.6 is 0 Å². The van der Waals surface area contributed by atoms with Crippen molar-refractivity contribution in [2.45, 2.75) is 20.3 Å². The van der Waals surface area contributed by atoms with Crippen LogP contribution in [0.5, 0.6) is 5.75 Å². The van der Waals surface area contributed by atoms with Crippen molar-refractivity contribution in [3.05, 3.63) is 24.3 Å². The molecule has 0 bridgehead atoms. The Labute approximate surface area is 124 Å². The van der Waals surface area contributed by atoms with Gasteiger partial charge in [0, 0.05) is 19.2 Å². The molecule has 6 heteroatoms. The van der Waals surface area contributed by atoms with E-state index in [1.165, 1.54) is 13.8 Å². The highest BCUT2D eigenvalue weighted by Crippen LogP contribution is 2.22. The van der Waals surface area contributed by atoms with Gasteiger partial charge in [-0.1, -0.05) is 0 Å². The molecule has 0 aliphatic rings. The van der Waals surface area contributed by atoms with E-state index in [-0.39, 0.29) is 12.3 Å². The Balaban J connectivity index is 2.52. The number of benzene rings is 1. The molecule has 116 valence electrons. The van der Waals surface area contributed by atoms with Crippen molar-refractivity contribution in [1.82, 2.24) is 0 Å². The van der Waals surface area contributed by atoms with Gasteiger partial charge < -0.3 is 19.9 Å². The summed E-state index contributed by atoms with van der Waals surface area (Å²) in [6.45, 7) is 3.99. The molecule has 0 aliphatic heterocycles. The molecule has 21 heavy (non-hydrogen) atoms. The maximum absolute atomic E-state index is 11.8. The zero-order valence-corrected chi connectivity index (χ0v) is 12.5. The van der Waals surface area contributed by atoms with Gasteiger partial charge in [0.2, 0.25) is 5.91 Å². The average Bonchev–Trinajstić information content (AvgIpc) is 2.40. The average molecular weight is 295 g/mol. The second-order valence-electron chi connectivity index (χ2n) is 5.28. The zero-order valence-electron chi connectivity index (χ0n) is 12.5. The Morgan fingerprint density at radius 1 is 1.19 bits per heavy atom. The smallest absolute Gasteiger partial charge is 0.309 e. The Morgan fingerprint density at radius 2 is 1.81 bits per heavy atom. The van der Waals surface area contributed by atoms with Crippen LogP contribution in [0.25, 0.3) is 0 Å². The first-order valence-corrected chi connectivity index (χ1v) is 6.60. The summed E-state index contributed by atoms with van der Waals surface area (Å²) in [5.74, 6) is -0.661. The highest BCUT2D eigenvalue weighted by molar-refractivity contribution is 5.94. The van der Waals surface area contributed by atoms with E-state index in [2.05, 4.69) is 5.32 Å². The maximum atomic E-state index is 11.8. The van der Waals surface area contributed by atoms with E-state index >= 15 is 0 Å². The summed E-state index contributed by atoms with van der Waals surface area (Å²) in [6.07, 6.45) is -0.0889. The first-order chi connectivity index (χ1) is 9.85. The van der Waals surface area contributed by atoms with Gasteiger partial charge in [-0.05, 0) is 38.1 Å². The Bertz CT molecular complexity index is 481. The number of hydrogen-bond acceptors (Lipinski definition) is 4. The van der Waals surface area contributed by atoms with Crippen molar-refractivity contribution in [3.63, 3.8) is 0 Å². The number of carboxylic acid groups (broad SMARTS) is 1. The van der Waals surface area contributed by atoms with Crippen LogP contribution in [0.1, 0.15) is 20.3 Å². The number of amides is 1. The third-order valence-corrected chi connectivity index (χ3v) is 2.88. The van der Waals surface area contributed by atoms with Crippen molar-refractivity contribution in [3.8, 4) is 5.75 Å². The highest BCUT2D eigenvalue weighted by atomic mass is 16.5. The lowest BCUT2D eigenvalue weighted by Gasteiger charge is -2.18. The van der Waals surface area contributed by atoms with E-state index in [1.807, 2.05) is 0 Å². The van der Waals surface area contributed by atoms with Crippen molar-refractivity contribution < 1.29 is 24.2 Å². The molecule has 0 aliphatic carbocycles. The molecule has 0 unspecified atom stereocenters. The van der Waals surface area contributed by atoms with Gasteiger partial charge in [0.05, 0.1) is 12.0 Å². The quantitative estimate of drug-likeness (QED) is 0.718. The van der Waals surface area contributed by atoms with Crippen molar-refractivity contribution in [1.29, 1.82) is 0 Å². The first kappa shape index (κ1) is 17.0. The molecule has 1 aromatic carbocycles. The van der Waals surface area contributed by atoms with Gasteiger partial charge in [-0.3, -0.25) is 9.59 Å². The second kappa shape index (κ2) is 7.64. The highest BCUT2D eigenvalue weighted by Gasteiger charge is 2.30. The van der Waals surface area contributed by atoms with Crippen molar-refractivity contribution in [2.24, 2.45) is 5.41 Å². The monoisotopic (exact) mass is 295 g/mol. The van der Waals surface area contributed by atoms with Crippen molar-refractivity contribution in [2.75, 3.05) is 25.6 Å². The molecular formula is C15H21NO5. The molecule has 0 spiro atoms. The number of nitrogens with one attached hydrogen (secondary N) is 1. The molecule has 6 nitrogen and oxygen atoms in total. The Kier molecular flexibility index (Phi) is 6.17. The van der Waals surface area contributed by atoms with Crippen LogP contribution in [-0.2, 0) is 14.3 Å². The molecule has 0 fully saturated rings. The van der Waals surface area contributed by atoms with E-state index in [0.717, 1.165) is 0 Å². The minimum absolute atomic E-state index is 0.0889. The fourth-order valence-corrected chi connectivity index (χ4v) is 1.56. The summed E-state index contributed by atoms with van der Waals surface area (Å²) in [5.41, 5.74) is -0.493. The van der Waals surface area contributed by atoms with Crippen LogP contribution in [0, 0.1) is 5.41 Å². The lowest BCUT2D eigenvalue weighted by Crippen LogP contribution is -2.29. The SMILES string of the molecule is COCCOc1ccc(NC(=O)CC(C)(C)C(=O)O)cc1. The van der Waals surface area contributed by atoms with Gasteiger partial charge >= 0.3 is 5.97 Å². The van der Waals surface area contributed by atoms with E-state index in [1.54, 1.807) is 31.4 Å². The summed E-state index contributed by atoms with van der Waals surface area (Å²) < 4.78 is 10.3. The number of rotatable bonds is 8. The summed E-state index contributed by atoms with van der Waals surface area (Å²) in [4.78, 5) is 22.8. The zero-order chi connectivity index (χ0) is 15.9. The van der Waals surface area contributed by atoms with Gasteiger partial charge in [0.15, 0.2) is 0 Å². The van der Waals surface area contributed by atoms with Gasteiger partial charge in [-0.15, -0.1) is 0 Å². The number of anilines is 1. The molecular weight excluding hydrogens is 274 g/mol. The number of hydrogen-bond donors (Lipinski definition) is 2. The summed E-state index contributed by atoms with van der Waals surface area (Å²) in [7, 11) is 1.60. The third-order valence-electron chi connectivity index (χ3n) is 2.88. The fraction of sp³-hybridized carbons (Fsp3) is 0.467. The minimum atomic E-state index is -1.09. The molecule has 0 saturated heterocycles. The standard InChI is InChI=1S/C15H21NO5/c1-15(2,14(18)19)10-13(17)16-11-4-6-12(7-5-11)21-9-8-20-3/h4-7H,8-10H2,1-3H3,(H,16,17)(H,18,19). The number of carboxylic acids is 1. The molecule has 0 radical (unpaired) electrons. The van der Waals surface area contributed by atoms with Gasteiger partial charge in [0.25, 0.3) is 0 Å². The van der Waals surface area contributed by atoms with Crippen molar-refractivity contribution >= 4 is 17.6 Å². The lowest BCUT2D eigenvalue weighted by atomic mass is 9.89. The van der Waals surface area contributed by atoms with Crippen LogP contribution < -0.4 is 10.1 Å². The predicted octanol–water partition coefficient (Wildman–Crippen LogP) is 2.15. The Morgan fingerprint density at radius 3 is 2.33 bits per heavy atom. The van der Waals surface area contributed by atoms with E-state index < -0.39 is 11.4 Å². The summed E-state index contributed by atoms with van der Waals surface area (Å²) in [5, 5.41) is 11.7. The number of methoxy groups -OCH3 is 1. The van der Waals surface area contributed by atoms with Crippen LogP contribution in [0.15, 0.2) is 24.3 Å². The van der Waals surface area contributed by atoms with Gasteiger partial charge in [-0.25, -0.2) is 0 Å². The number of carbonyl (C=O) groups excluding carboxylic acids is 1. The van der Waals surface area contributed by atoms with Crippen LogP contribution in [0.2, 0.25) is 0 Å². The van der Waals surface area contributed by atoms with Gasteiger partial charge in [-0.2, -0.15) is 0 Å². The molecule has 0 aromatic heterocycles. The fourth-order valence-electron chi connectivity index (χ4n) is 1.56. The van der Waals surface area contributed by atoms with Crippen LogP contribution in [0.3, 0.4) is 0 Å². The molecule has 0 saturated carbocycles. The summed E-state index contributed by atoms with van der Waals surface area (Å²) in [6, 6.07) is 6.86. The molecule has 0 heterocycles. The molecule has 1 amide bonds. The predicted molar refractivity (Wildman–Crippen MR) is 78.5 cm³/mol. The normalized spacial score (nSPS) is 11.0. The third kappa shape index (κ3) is 5.83. The first-order valence-electron chi connectivity index (χ1n) is 6.60. The number of aliphatic carboxylic acids is 1. The Hall–Kier alpha value is -2.08. The lowest BCUT2D eigenvalue weighted by molar-refractivity contribution is -0.148. The number of carbonyl (C=O) groups is 2. The molecule has 1 aromatic rings. The van der Waals surface area contributed by atoms with E-state index in [0.29, 0.717) is 24.7 Å². The molecule has 2 N–H and O–H groups in total. The largest absolute Gasteiger partial charge is 0.491 e. The topological polar surface area (TPSA) is 84.9 Å². The molecule has 1 rings (SSSR count). The van der Waals surface area contributed by atoms with Crippen LogP contribution in [-0.4, -0.2) is 37.3 Å². The maximum Gasteiger partial charge on any atom is 0.309 e. The molecule has 0 atom stereocenters.